The molecule has 0 spiro atoms. The first kappa shape index (κ1) is 12.4. The van der Waals surface area contributed by atoms with Gasteiger partial charge in [0.25, 0.3) is 5.91 Å². The van der Waals surface area contributed by atoms with Crippen LogP contribution < -0.4 is 5.32 Å². The summed E-state index contributed by atoms with van der Waals surface area (Å²) in [5, 5.41) is 3.51. The Hall–Kier alpha value is -1.02. The van der Waals surface area contributed by atoms with Crippen LogP contribution >= 0.6 is 11.6 Å². The van der Waals surface area contributed by atoms with E-state index in [4.69, 9.17) is 11.6 Å². The van der Waals surface area contributed by atoms with Crippen molar-refractivity contribution in [2.45, 2.75) is 32.1 Å². The number of rotatable bonds is 3. The lowest BCUT2D eigenvalue weighted by molar-refractivity contribution is 0.0943. The van der Waals surface area contributed by atoms with Gasteiger partial charge in [0.2, 0.25) is 0 Å². The second kappa shape index (κ2) is 6.06. The van der Waals surface area contributed by atoms with Crippen molar-refractivity contribution in [3.63, 3.8) is 0 Å². The lowest BCUT2D eigenvalue weighted by atomic mass is 9.89. The van der Waals surface area contributed by atoms with Crippen molar-refractivity contribution in [1.82, 2.24) is 5.32 Å². The average Bonchev–Trinajstić information content (AvgIpc) is 2.38. The monoisotopic (exact) mass is 251 g/mol. The van der Waals surface area contributed by atoms with E-state index in [2.05, 4.69) is 5.32 Å². The van der Waals surface area contributed by atoms with E-state index >= 15 is 0 Å². The molecule has 1 aromatic carbocycles. The van der Waals surface area contributed by atoms with E-state index < -0.39 is 0 Å². The molecule has 0 saturated heterocycles. The molecule has 1 saturated carbocycles. The van der Waals surface area contributed by atoms with E-state index in [0.717, 1.165) is 6.54 Å². The van der Waals surface area contributed by atoms with Gasteiger partial charge in [0.05, 0.1) is 10.6 Å². The largest absolute Gasteiger partial charge is 0.352 e. The van der Waals surface area contributed by atoms with Crippen molar-refractivity contribution < 1.29 is 4.79 Å². The Morgan fingerprint density at radius 2 is 1.94 bits per heavy atom. The maximum Gasteiger partial charge on any atom is 0.252 e. The van der Waals surface area contributed by atoms with Gasteiger partial charge in [-0.25, -0.2) is 0 Å². The molecule has 0 atom stereocenters. The number of hydrogen-bond donors (Lipinski definition) is 1. The Morgan fingerprint density at radius 3 is 2.65 bits per heavy atom. The fourth-order valence-corrected chi connectivity index (χ4v) is 2.59. The number of halogens is 1. The fourth-order valence-electron chi connectivity index (χ4n) is 2.37. The Labute approximate surface area is 107 Å². The molecule has 0 aromatic heterocycles. The van der Waals surface area contributed by atoms with Gasteiger partial charge in [-0.15, -0.1) is 0 Å². The lowest BCUT2D eigenvalue weighted by Gasteiger charge is -2.21. The van der Waals surface area contributed by atoms with E-state index in [1.54, 1.807) is 12.1 Å². The maximum absolute atomic E-state index is 11.9. The Bertz CT molecular complexity index is 386. The molecular formula is C14H18ClNO. The minimum Gasteiger partial charge on any atom is -0.352 e. The van der Waals surface area contributed by atoms with Gasteiger partial charge in [0.1, 0.15) is 0 Å². The predicted molar refractivity (Wildman–Crippen MR) is 70.4 cm³/mol. The highest BCUT2D eigenvalue weighted by molar-refractivity contribution is 6.33. The van der Waals surface area contributed by atoms with Gasteiger partial charge in [0, 0.05) is 6.54 Å². The molecule has 0 heterocycles. The number of hydrogen-bond acceptors (Lipinski definition) is 1. The highest BCUT2D eigenvalue weighted by Gasteiger charge is 2.15. The maximum atomic E-state index is 11.9. The lowest BCUT2D eigenvalue weighted by Crippen LogP contribution is -2.30. The zero-order valence-corrected chi connectivity index (χ0v) is 10.7. The molecule has 0 bridgehead atoms. The van der Waals surface area contributed by atoms with Crippen molar-refractivity contribution in [1.29, 1.82) is 0 Å². The summed E-state index contributed by atoms with van der Waals surface area (Å²) in [5.41, 5.74) is 0.574. The Morgan fingerprint density at radius 1 is 1.24 bits per heavy atom. The third kappa shape index (κ3) is 3.47. The number of carbonyl (C=O) groups is 1. The number of nitrogens with one attached hydrogen (secondary N) is 1. The highest BCUT2D eigenvalue weighted by atomic mass is 35.5. The summed E-state index contributed by atoms with van der Waals surface area (Å²) in [6, 6.07) is 7.18. The van der Waals surface area contributed by atoms with Crippen LogP contribution in [0.2, 0.25) is 5.02 Å². The third-order valence-corrected chi connectivity index (χ3v) is 3.72. The molecular weight excluding hydrogens is 234 g/mol. The van der Waals surface area contributed by atoms with Crippen molar-refractivity contribution >= 4 is 17.5 Å². The molecule has 0 unspecified atom stereocenters. The van der Waals surface area contributed by atoms with Gasteiger partial charge in [-0.1, -0.05) is 43.0 Å². The summed E-state index contributed by atoms with van der Waals surface area (Å²) in [4.78, 5) is 11.9. The van der Waals surface area contributed by atoms with Crippen LogP contribution in [-0.4, -0.2) is 12.5 Å². The molecule has 2 nitrogen and oxygen atoms in total. The van der Waals surface area contributed by atoms with E-state index in [1.165, 1.54) is 32.1 Å². The van der Waals surface area contributed by atoms with Crippen LogP contribution in [0.5, 0.6) is 0 Å². The Kier molecular flexibility index (Phi) is 4.43. The van der Waals surface area contributed by atoms with Crippen molar-refractivity contribution in [2.75, 3.05) is 6.54 Å². The smallest absolute Gasteiger partial charge is 0.252 e. The van der Waals surface area contributed by atoms with Gasteiger partial charge in [-0.2, -0.15) is 0 Å². The fraction of sp³-hybridized carbons (Fsp3) is 0.500. The van der Waals surface area contributed by atoms with Crippen LogP contribution in [0.25, 0.3) is 0 Å². The SMILES string of the molecule is O=C(NCC1CCCCC1)c1ccccc1Cl. The van der Waals surface area contributed by atoms with Crippen molar-refractivity contribution in [3.8, 4) is 0 Å². The molecule has 1 fully saturated rings. The average molecular weight is 252 g/mol. The van der Waals surface area contributed by atoms with Crippen LogP contribution in [0, 0.1) is 5.92 Å². The van der Waals surface area contributed by atoms with Crippen LogP contribution in [0.3, 0.4) is 0 Å². The predicted octanol–water partition coefficient (Wildman–Crippen LogP) is 3.65. The normalized spacial score (nSPS) is 16.8. The summed E-state index contributed by atoms with van der Waals surface area (Å²) < 4.78 is 0. The van der Waals surface area contributed by atoms with E-state index in [9.17, 15) is 4.79 Å². The van der Waals surface area contributed by atoms with Gasteiger partial charge >= 0.3 is 0 Å². The van der Waals surface area contributed by atoms with Crippen LogP contribution in [0.1, 0.15) is 42.5 Å². The molecule has 17 heavy (non-hydrogen) atoms. The minimum atomic E-state index is -0.0545. The van der Waals surface area contributed by atoms with Crippen molar-refractivity contribution in [2.24, 2.45) is 5.92 Å². The first-order valence-corrected chi connectivity index (χ1v) is 6.68. The molecule has 2 rings (SSSR count). The summed E-state index contributed by atoms with van der Waals surface area (Å²) in [6.07, 6.45) is 6.42. The summed E-state index contributed by atoms with van der Waals surface area (Å²) in [7, 11) is 0. The second-order valence-electron chi connectivity index (χ2n) is 4.69. The number of amides is 1. The van der Waals surface area contributed by atoms with Crippen LogP contribution in [0.15, 0.2) is 24.3 Å². The zero-order chi connectivity index (χ0) is 12.1. The minimum absolute atomic E-state index is 0.0545. The molecule has 1 N–H and O–H groups in total. The van der Waals surface area contributed by atoms with Crippen molar-refractivity contribution in [3.05, 3.63) is 34.9 Å². The van der Waals surface area contributed by atoms with Gasteiger partial charge in [0.15, 0.2) is 0 Å². The van der Waals surface area contributed by atoms with Gasteiger partial charge in [-0.3, -0.25) is 4.79 Å². The molecule has 1 aliphatic carbocycles. The summed E-state index contributed by atoms with van der Waals surface area (Å²) in [6.45, 7) is 0.782. The quantitative estimate of drug-likeness (QED) is 0.873. The molecule has 0 radical (unpaired) electrons. The van der Waals surface area contributed by atoms with Gasteiger partial charge in [-0.05, 0) is 30.9 Å². The van der Waals surface area contributed by atoms with Crippen LogP contribution in [-0.2, 0) is 0 Å². The molecule has 1 amide bonds. The number of carbonyl (C=O) groups excluding carboxylic acids is 1. The third-order valence-electron chi connectivity index (χ3n) is 3.39. The van der Waals surface area contributed by atoms with E-state index in [1.807, 2.05) is 12.1 Å². The first-order chi connectivity index (χ1) is 8.27. The standard InChI is InChI=1S/C14H18ClNO/c15-13-9-5-4-8-12(13)14(17)16-10-11-6-2-1-3-7-11/h4-5,8-9,11H,1-3,6-7,10H2,(H,16,17). The second-order valence-corrected chi connectivity index (χ2v) is 5.10. The van der Waals surface area contributed by atoms with E-state index in [0.29, 0.717) is 16.5 Å². The molecule has 3 heteroatoms. The first-order valence-electron chi connectivity index (χ1n) is 6.30. The molecule has 1 aromatic rings. The topological polar surface area (TPSA) is 29.1 Å². The zero-order valence-electron chi connectivity index (χ0n) is 9.92. The molecule has 0 aliphatic heterocycles. The summed E-state index contributed by atoms with van der Waals surface area (Å²) in [5.74, 6) is 0.594. The summed E-state index contributed by atoms with van der Waals surface area (Å²) >= 11 is 5.98. The van der Waals surface area contributed by atoms with Crippen LogP contribution in [0.4, 0.5) is 0 Å². The Balaban J connectivity index is 1.87. The van der Waals surface area contributed by atoms with E-state index in [-0.39, 0.29) is 5.91 Å². The number of benzene rings is 1. The highest BCUT2D eigenvalue weighted by Crippen LogP contribution is 2.23. The van der Waals surface area contributed by atoms with Gasteiger partial charge < -0.3 is 5.32 Å². The molecule has 1 aliphatic rings. The molecule has 92 valence electrons.